The van der Waals surface area contributed by atoms with Gasteiger partial charge in [-0.15, -0.1) is 0 Å². The Kier molecular flexibility index (Phi) is 5.46. The molecule has 1 saturated carbocycles. The largest absolute Gasteiger partial charge is 0.481 e. The van der Waals surface area contributed by atoms with Crippen LogP contribution < -0.4 is 0 Å². The highest BCUT2D eigenvalue weighted by atomic mass is 19.4. The van der Waals surface area contributed by atoms with Gasteiger partial charge in [0.1, 0.15) is 0 Å². The van der Waals surface area contributed by atoms with Crippen molar-refractivity contribution in [1.29, 1.82) is 0 Å². The van der Waals surface area contributed by atoms with Crippen molar-refractivity contribution in [2.24, 2.45) is 17.8 Å². The number of ether oxygens (including phenoxy) is 1. The molecule has 20 heavy (non-hydrogen) atoms. The Morgan fingerprint density at radius 1 is 1.35 bits per heavy atom. The average molecular weight is 296 g/mol. The Balaban J connectivity index is 2.54. The van der Waals surface area contributed by atoms with Crippen LogP contribution in [0.3, 0.4) is 0 Å². The topological polar surface area (TPSA) is 46.5 Å². The maximum atomic E-state index is 12.6. The molecule has 0 amide bonds. The number of hydrogen-bond donors (Lipinski definition) is 1. The van der Waals surface area contributed by atoms with Gasteiger partial charge in [-0.2, -0.15) is 13.2 Å². The minimum absolute atomic E-state index is 0.557. The molecule has 1 fully saturated rings. The summed E-state index contributed by atoms with van der Waals surface area (Å²) in [4.78, 5) is 10.7. The lowest BCUT2D eigenvalue weighted by molar-refractivity contribution is -0.212. The fraction of sp³-hybridized carbons (Fsp3) is 0.929. The highest BCUT2D eigenvalue weighted by Gasteiger charge is 2.46. The molecule has 3 nitrogen and oxygen atoms in total. The van der Waals surface area contributed by atoms with E-state index in [9.17, 15) is 18.0 Å². The number of aliphatic carboxylic acids is 1. The van der Waals surface area contributed by atoms with Gasteiger partial charge in [-0.1, -0.05) is 13.8 Å². The van der Waals surface area contributed by atoms with E-state index in [0.717, 1.165) is 12.8 Å². The zero-order valence-electron chi connectivity index (χ0n) is 12.2. The fourth-order valence-corrected chi connectivity index (χ4v) is 2.65. The summed E-state index contributed by atoms with van der Waals surface area (Å²) in [6.45, 7) is 5.25. The molecule has 1 rings (SSSR count). The Hall–Kier alpha value is -0.780. The minimum Gasteiger partial charge on any atom is -0.481 e. The summed E-state index contributed by atoms with van der Waals surface area (Å²) in [5, 5.41) is 8.64. The molecule has 6 heteroatoms. The predicted molar refractivity (Wildman–Crippen MR) is 68.3 cm³/mol. The van der Waals surface area contributed by atoms with E-state index in [2.05, 4.69) is 13.8 Å². The second-order valence-corrected chi connectivity index (χ2v) is 6.27. The standard InChI is InChI=1S/C14H23F3O3/c1-9(2)10-4-6-13(3,7-5-10)20-8-11(12(18)19)14(15,16)17/h9-11H,4-8H2,1-3H3,(H,18,19). The molecule has 0 heterocycles. The molecule has 0 saturated heterocycles. The first-order valence-electron chi connectivity index (χ1n) is 6.98. The Morgan fingerprint density at radius 3 is 2.20 bits per heavy atom. The van der Waals surface area contributed by atoms with E-state index in [1.807, 2.05) is 0 Å². The van der Waals surface area contributed by atoms with E-state index < -0.39 is 30.3 Å². The lowest BCUT2D eigenvalue weighted by Gasteiger charge is -2.39. The van der Waals surface area contributed by atoms with E-state index in [0.29, 0.717) is 24.7 Å². The molecule has 1 aliphatic carbocycles. The van der Waals surface area contributed by atoms with Gasteiger partial charge in [0.15, 0.2) is 5.92 Å². The molecule has 0 aromatic carbocycles. The van der Waals surface area contributed by atoms with Gasteiger partial charge in [0, 0.05) is 0 Å². The van der Waals surface area contributed by atoms with Crippen LogP contribution in [0.2, 0.25) is 0 Å². The van der Waals surface area contributed by atoms with Crippen molar-refractivity contribution in [3.8, 4) is 0 Å². The number of hydrogen-bond acceptors (Lipinski definition) is 2. The van der Waals surface area contributed by atoms with Gasteiger partial charge in [-0.05, 0) is 44.4 Å². The Morgan fingerprint density at radius 2 is 1.85 bits per heavy atom. The zero-order chi connectivity index (χ0) is 15.6. The molecule has 0 aliphatic heterocycles. The average Bonchev–Trinajstić information content (AvgIpc) is 2.27. The van der Waals surface area contributed by atoms with Crippen molar-refractivity contribution in [2.75, 3.05) is 6.61 Å². The van der Waals surface area contributed by atoms with Gasteiger partial charge < -0.3 is 9.84 Å². The third-order valence-electron chi connectivity index (χ3n) is 4.32. The smallest absolute Gasteiger partial charge is 0.404 e. The van der Waals surface area contributed by atoms with E-state index in [1.165, 1.54) is 0 Å². The van der Waals surface area contributed by atoms with Crippen LogP contribution in [0.5, 0.6) is 0 Å². The molecule has 0 bridgehead atoms. The Bertz CT molecular complexity index is 331. The maximum absolute atomic E-state index is 12.6. The summed E-state index contributed by atoms with van der Waals surface area (Å²) in [6, 6.07) is 0. The summed E-state index contributed by atoms with van der Waals surface area (Å²) >= 11 is 0. The van der Waals surface area contributed by atoms with Gasteiger partial charge in [0.25, 0.3) is 0 Å². The summed E-state index contributed by atoms with van der Waals surface area (Å²) in [5.41, 5.74) is -0.635. The van der Waals surface area contributed by atoms with Crippen molar-refractivity contribution in [2.45, 2.75) is 58.2 Å². The van der Waals surface area contributed by atoms with E-state index in [4.69, 9.17) is 9.84 Å². The van der Waals surface area contributed by atoms with Crippen molar-refractivity contribution >= 4 is 5.97 Å². The highest BCUT2D eigenvalue weighted by Crippen LogP contribution is 2.38. The van der Waals surface area contributed by atoms with Crippen LogP contribution in [0, 0.1) is 17.8 Å². The minimum atomic E-state index is -4.77. The highest BCUT2D eigenvalue weighted by molar-refractivity contribution is 5.71. The second kappa shape index (κ2) is 6.33. The number of carboxylic acids is 1. The quantitative estimate of drug-likeness (QED) is 0.837. The molecular weight excluding hydrogens is 273 g/mol. The number of carbonyl (C=O) groups is 1. The van der Waals surface area contributed by atoms with Crippen molar-refractivity contribution in [3.63, 3.8) is 0 Å². The fourth-order valence-electron chi connectivity index (χ4n) is 2.65. The third-order valence-corrected chi connectivity index (χ3v) is 4.32. The first-order valence-corrected chi connectivity index (χ1v) is 6.98. The number of alkyl halides is 3. The summed E-state index contributed by atoms with van der Waals surface area (Å²) < 4.78 is 43.0. The number of carboxylic acid groups (broad SMARTS) is 1. The normalized spacial score (nSPS) is 29.4. The van der Waals surface area contributed by atoms with Crippen LogP contribution in [-0.4, -0.2) is 29.5 Å². The molecule has 0 spiro atoms. The molecule has 1 aliphatic rings. The lowest BCUT2D eigenvalue weighted by Crippen LogP contribution is -2.41. The number of rotatable bonds is 5. The summed E-state index contributed by atoms with van der Waals surface area (Å²) in [5.74, 6) is -3.19. The summed E-state index contributed by atoms with van der Waals surface area (Å²) in [6.07, 6.45) is -1.58. The molecule has 1 atom stereocenters. The van der Waals surface area contributed by atoms with E-state index in [1.54, 1.807) is 6.92 Å². The van der Waals surface area contributed by atoms with Gasteiger partial charge in [-0.25, -0.2) is 0 Å². The first kappa shape index (κ1) is 17.3. The van der Waals surface area contributed by atoms with Gasteiger partial charge >= 0.3 is 12.1 Å². The molecular formula is C14H23F3O3. The molecule has 118 valence electrons. The summed E-state index contributed by atoms with van der Waals surface area (Å²) in [7, 11) is 0. The predicted octanol–water partition coefficient (Wildman–Crippen LogP) is 3.87. The third kappa shape index (κ3) is 4.65. The van der Waals surface area contributed by atoms with Gasteiger partial charge in [0.2, 0.25) is 0 Å². The number of halogens is 3. The van der Waals surface area contributed by atoms with Gasteiger partial charge in [-0.3, -0.25) is 4.79 Å². The van der Waals surface area contributed by atoms with Crippen LogP contribution in [0.25, 0.3) is 0 Å². The van der Waals surface area contributed by atoms with E-state index >= 15 is 0 Å². The van der Waals surface area contributed by atoms with Crippen LogP contribution >= 0.6 is 0 Å². The Labute approximate surface area is 117 Å². The van der Waals surface area contributed by atoms with E-state index in [-0.39, 0.29) is 0 Å². The first-order chi connectivity index (χ1) is 9.05. The second-order valence-electron chi connectivity index (χ2n) is 6.27. The van der Waals surface area contributed by atoms with Crippen molar-refractivity contribution < 1.29 is 27.8 Å². The zero-order valence-corrected chi connectivity index (χ0v) is 12.2. The molecule has 0 aromatic heterocycles. The lowest BCUT2D eigenvalue weighted by atomic mass is 9.75. The molecule has 1 unspecified atom stereocenters. The molecule has 1 N–H and O–H groups in total. The van der Waals surface area contributed by atoms with Crippen LogP contribution in [0.1, 0.15) is 46.5 Å². The van der Waals surface area contributed by atoms with Crippen molar-refractivity contribution in [1.82, 2.24) is 0 Å². The van der Waals surface area contributed by atoms with Crippen LogP contribution in [0.4, 0.5) is 13.2 Å². The SMILES string of the molecule is CC(C)C1CCC(C)(OCC(C(=O)O)C(F)(F)F)CC1. The maximum Gasteiger partial charge on any atom is 0.404 e. The van der Waals surface area contributed by atoms with Crippen LogP contribution in [0.15, 0.2) is 0 Å². The molecule has 0 aromatic rings. The van der Waals surface area contributed by atoms with Gasteiger partial charge in [0.05, 0.1) is 12.2 Å². The van der Waals surface area contributed by atoms with Crippen LogP contribution in [-0.2, 0) is 9.53 Å². The van der Waals surface area contributed by atoms with Crippen molar-refractivity contribution in [3.05, 3.63) is 0 Å². The molecule has 0 radical (unpaired) electrons. The monoisotopic (exact) mass is 296 g/mol.